The van der Waals surface area contributed by atoms with Gasteiger partial charge in [0.25, 0.3) is 5.91 Å². The lowest BCUT2D eigenvalue weighted by Crippen LogP contribution is -2.41. The summed E-state index contributed by atoms with van der Waals surface area (Å²) >= 11 is 0. The number of hydrogen-bond donors (Lipinski definition) is 1. The molecule has 0 bridgehead atoms. The number of hydrazone groups is 1. The van der Waals surface area contributed by atoms with Gasteiger partial charge in [0.15, 0.2) is 6.23 Å². The molecule has 0 aliphatic carbocycles. The van der Waals surface area contributed by atoms with Crippen molar-refractivity contribution < 1.29 is 9.90 Å². The zero-order chi connectivity index (χ0) is 13.5. The van der Waals surface area contributed by atoms with Gasteiger partial charge in [0.2, 0.25) is 0 Å². The third kappa shape index (κ3) is 1.93. The summed E-state index contributed by atoms with van der Waals surface area (Å²) in [6.07, 6.45) is -0.911. The van der Waals surface area contributed by atoms with Crippen LogP contribution in [0.5, 0.6) is 0 Å². The minimum absolute atomic E-state index is 0.271. The number of benzene rings is 1. The van der Waals surface area contributed by atoms with E-state index in [9.17, 15) is 9.90 Å². The van der Waals surface area contributed by atoms with Crippen molar-refractivity contribution in [2.75, 3.05) is 0 Å². The number of carbonyl (C=O) groups excluding carboxylic acids is 1. The molecule has 1 unspecified atom stereocenters. The highest BCUT2D eigenvalue weighted by atomic mass is 16.3. The van der Waals surface area contributed by atoms with E-state index in [0.717, 1.165) is 11.3 Å². The van der Waals surface area contributed by atoms with Gasteiger partial charge in [-0.15, -0.1) is 0 Å². The van der Waals surface area contributed by atoms with Gasteiger partial charge in [0, 0.05) is 11.3 Å². The molecule has 1 aliphatic heterocycles. The number of carbonyl (C=O) groups is 1. The molecule has 0 saturated heterocycles. The summed E-state index contributed by atoms with van der Waals surface area (Å²) in [7, 11) is 0. The zero-order valence-corrected chi connectivity index (χ0v) is 11.1. The predicted molar refractivity (Wildman–Crippen MR) is 70.2 cm³/mol. The fraction of sp³-hybridized carbons (Fsp3) is 0.429. The van der Waals surface area contributed by atoms with Crippen LogP contribution < -0.4 is 0 Å². The van der Waals surface area contributed by atoms with Gasteiger partial charge in [-0.3, -0.25) is 4.79 Å². The molecule has 1 aromatic rings. The third-order valence-electron chi connectivity index (χ3n) is 3.57. The number of amides is 1. The topological polar surface area (TPSA) is 52.9 Å². The number of rotatable bonds is 1. The van der Waals surface area contributed by atoms with E-state index in [1.54, 1.807) is 12.1 Å². The van der Waals surface area contributed by atoms with Crippen LogP contribution in [0.4, 0.5) is 0 Å². The van der Waals surface area contributed by atoms with E-state index in [2.05, 4.69) is 5.10 Å². The number of aryl methyl sites for hydroxylation is 1. The Morgan fingerprint density at radius 2 is 1.83 bits per heavy atom. The second-order valence-corrected chi connectivity index (χ2v) is 5.30. The third-order valence-corrected chi connectivity index (χ3v) is 3.57. The van der Waals surface area contributed by atoms with Crippen molar-refractivity contribution in [3.05, 3.63) is 35.4 Å². The summed E-state index contributed by atoms with van der Waals surface area (Å²) in [6.45, 7) is 7.54. The largest absolute Gasteiger partial charge is 0.371 e. The quantitative estimate of drug-likeness (QED) is 0.825. The van der Waals surface area contributed by atoms with Crippen LogP contribution in [0.1, 0.15) is 36.7 Å². The molecule has 4 nitrogen and oxygen atoms in total. The monoisotopic (exact) mass is 246 g/mol. The van der Waals surface area contributed by atoms with Crippen molar-refractivity contribution in [3.63, 3.8) is 0 Å². The fourth-order valence-electron chi connectivity index (χ4n) is 1.82. The molecular weight excluding hydrogens is 228 g/mol. The first-order chi connectivity index (χ1) is 8.34. The molecule has 1 aromatic carbocycles. The number of aliphatic hydroxyl groups is 1. The molecule has 96 valence electrons. The smallest absolute Gasteiger partial charge is 0.276 e. The van der Waals surface area contributed by atoms with Crippen molar-refractivity contribution in [2.45, 2.75) is 33.9 Å². The molecule has 0 radical (unpaired) electrons. The maximum atomic E-state index is 12.3. The van der Waals surface area contributed by atoms with Crippen LogP contribution in [0.2, 0.25) is 0 Å². The van der Waals surface area contributed by atoms with Crippen molar-refractivity contribution in [1.29, 1.82) is 0 Å². The van der Waals surface area contributed by atoms with E-state index in [1.165, 1.54) is 5.01 Å². The fourth-order valence-corrected chi connectivity index (χ4v) is 1.82. The first-order valence-corrected chi connectivity index (χ1v) is 5.98. The molecule has 0 fully saturated rings. The summed E-state index contributed by atoms with van der Waals surface area (Å²) in [5.74, 6) is -0.271. The predicted octanol–water partition coefficient (Wildman–Crippen LogP) is 2.17. The van der Waals surface area contributed by atoms with Crippen LogP contribution >= 0.6 is 0 Å². The van der Waals surface area contributed by atoms with Crippen molar-refractivity contribution in [1.82, 2.24) is 5.01 Å². The second-order valence-electron chi connectivity index (χ2n) is 5.30. The van der Waals surface area contributed by atoms with Crippen molar-refractivity contribution in [3.8, 4) is 0 Å². The van der Waals surface area contributed by atoms with Crippen LogP contribution in [0.15, 0.2) is 29.4 Å². The van der Waals surface area contributed by atoms with E-state index in [-0.39, 0.29) is 5.91 Å². The summed E-state index contributed by atoms with van der Waals surface area (Å²) < 4.78 is 0. The number of hydrogen-bond acceptors (Lipinski definition) is 3. The average Bonchev–Trinajstić information content (AvgIpc) is 2.53. The summed E-state index contributed by atoms with van der Waals surface area (Å²) in [4.78, 5) is 12.3. The summed E-state index contributed by atoms with van der Waals surface area (Å²) in [5.41, 5.74) is 1.89. The minimum Gasteiger partial charge on any atom is -0.371 e. The van der Waals surface area contributed by atoms with Gasteiger partial charge in [0.1, 0.15) is 0 Å². The van der Waals surface area contributed by atoms with Gasteiger partial charge in [-0.2, -0.15) is 10.1 Å². The van der Waals surface area contributed by atoms with Crippen LogP contribution in [0.3, 0.4) is 0 Å². The molecule has 1 amide bonds. The van der Waals surface area contributed by atoms with Gasteiger partial charge in [-0.1, -0.05) is 31.5 Å². The lowest BCUT2D eigenvalue weighted by atomic mass is 9.87. The van der Waals surface area contributed by atoms with Gasteiger partial charge < -0.3 is 5.11 Å². The normalized spacial score (nSPS) is 21.9. The van der Waals surface area contributed by atoms with Crippen molar-refractivity contribution in [2.24, 2.45) is 10.5 Å². The van der Waals surface area contributed by atoms with Gasteiger partial charge >= 0.3 is 0 Å². The van der Waals surface area contributed by atoms with E-state index in [0.29, 0.717) is 5.56 Å². The van der Waals surface area contributed by atoms with Crippen LogP contribution in [-0.2, 0) is 0 Å². The number of nitrogens with zero attached hydrogens (tertiary/aromatic N) is 2. The molecule has 0 spiro atoms. The standard InChI is InChI=1S/C14H18N2O2/c1-9-5-7-11(8-6-9)12(17)16-13(18)14(3,4)10(2)15-16/h5-8,13,18H,1-4H3. The van der Waals surface area contributed by atoms with Gasteiger partial charge in [-0.05, 0) is 26.0 Å². The van der Waals surface area contributed by atoms with E-state index in [4.69, 9.17) is 0 Å². The Labute approximate surface area is 107 Å². The van der Waals surface area contributed by atoms with Crippen molar-refractivity contribution >= 4 is 11.6 Å². The molecule has 0 aromatic heterocycles. The van der Waals surface area contributed by atoms with Crippen LogP contribution in [-0.4, -0.2) is 28.0 Å². The Balaban J connectivity index is 2.29. The first-order valence-electron chi connectivity index (χ1n) is 5.98. The molecule has 1 aliphatic rings. The highest BCUT2D eigenvalue weighted by molar-refractivity contribution is 5.98. The van der Waals surface area contributed by atoms with E-state index in [1.807, 2.05) is 39.8 Å². The van der Waals surface area contributed by atoms with E-state index < -0.39 is 11.6 Å². The second kappa shape index (κ2) is 4.21. The van der Waals surface area contributed by atoms with Crippen LogP contribution in [0.25, 0.3) is 0 Å². The van der Waals surface area contributed by atoms with Gasteiger partial charge in [0.05, 0.1) is 5.41 Å². The molecule has 18 heavy (non-hydrogen) atoms. The average molecular weight is 246 g/mol. The molecule has 0 saturated carbocycles. The summed E-state index contributed by atoms with van der Waals surface area (Å²) in [5, 5.41) is 15.5. The molecule has 1 atom stereocenters. The Kier molecular flexibility index (Phi) is 2.99. The molecule has 2 rings (SSSR count). The highest BCUT2D eigenvalue weighted by Gasteiger charge is 2.43. The van der Waals surface area contributed by atoms with Gasteiger partial charge in [-0.25, -0.2) is 0 Å². The molecule has 1 N–H and O–H groups in total. The first kappa shape index (κ1) is 12.8. The minimum atomic E-state index is -0.911. The van der Waals surface area contributed by atoms with Crippen LogP contribution in [0, 0.1) is 12.3 Å². The molecule has 1 heterocycles. The van der Waals surface area contributed by atoms with E-state index >= 15 is 0 Å². The Morgan fingerprint density at radius 1 is 1.28 bits per heavy atom. The highest BCUT2D eigenvalue weighted by Crippen LogP contribution is 2.32. The number of aliphatic hydroxyl groups excluding tert-OH is 1. The Morgan fingerprint density at radius 3 is 2.28 bits per heavy atom. The Bertz CT molecular complexity index is 503. The maximum Gasteiger partial charge on any atom is 0.276 e. The molecular formula is C14H18N2O2. The Hall–Kier alpha value is -1.68. The lowest BCUT2D eigenvalue weighted by Gasteiger charge is -2.26. The summed E-state index contributed by atoms with van der Waals surface area (Å²) in [6, 6.07) is 7.25. The lowest BCUT2D eigenvalue weighted by molar-refractivity contribution is -0.0188. The SMILES string of the molecule is CC1=NN(C(=O)c2ccc(C)cc2)C(O)C1(C)C. The maximum absolute atomic E-state index is 12.3. The zero-order valence-electron chi connectivity index (χ0n) is 11.1. The molecule has 4 heteroatoms.